The van der Waals surface area contributed by atoms with Crippen LogP contribution in [0.25, 0.3) is 0 Å². The van der Waals surface area contributed by atoms with Crippen molar-refractivity contribution < 1.29 is 4.79 Å². The van der Waals surface area contributed by atoms with Gasteiger partial charge >= 0.3 is 0 Å². The molecule has 0 saturated heterocycles. The average Bonchev–Trinajstić information content (AvgIpc) is 2.33. The van der Waals surface area contributed by atoms with Gasteiger partial charge in [0.25, 0.3) is 5.91 Å². The van der Waals surface area contributed by atoms with Crippen LogP contribution in [0.3, 0.4) is 0 Å². The second-order valence-corrected chi connectivity index (χ2v) is 4.32. The fraction of sp³-hybridized carbons (Fsp3) is 0.0714. The molecule has 0 atom stereocenters. The number of carbonyl (C=O) groups excluding carboxylic acids is 1. The van der Waals surface area contributed by atoms with E-state index in [1.807, 2.05) is 55.5 Å². The molecule has 86 valence electrons. The summed E-state index contributed by atoms with van der Waals surface area (Å²) >= 11 is 4.29. The lowest BCUT2D eigenvalue weighted by atomic mass is 10.1. The fourth-order valence-corrected chi connectivity index (χ4v) is 1.70. The summed E-state index contributed by atoms with van der Waals surface area (Å²) in [6.07, 6.45) is 0. The number of nitrogens with one attached hydrogen (secondary N) is 1. The van der Waals surface area contributed by atoms with Gasteiger partial charge in [0.15, 0.2) is 0 Å². The molecule has 2 aromatic rings. The maximum absolute atomic E-state index is 11.9. The third-order valence-corrected chi connectivity index (χ3v) is 2.86. The van der Waals surface area contributed by atoms with Gasteiger partial charge in [0, 0.05) is 10.5 Å². The Bertz CT molecular complexity index is 534. The van der Waals surface area contributed by atoms with Gasteiger partial charge in [-0.15, -0.1) is 12.6 Å². The van der Waals surface area contributed by atoms with Gasteiger partial charge < -0.3 is 5.32 Å². The Morgan fingerprint density at radius 3 is 2.35 bits per heavy atom. The molecule has 1 amide bonds. The van der Waals surface area contributed by atoms with Crippen molar-refractivity contribution in [1.82, 2.24) is 0 Å². The lowest BCUT2D eigenvalue weighted by Gasteiger charge is -2.07. The minimum Gasteiger partial charge on any atom is -0.321 e. The zero-order valence-corrected chi connectivity index (χ0v) is 10.4. The van der Waals surface area contributed by atoms with Gasteiger partial charge in [-0.3, -0.25) is 4.79 Å². The lowest BCUT2D eigenvalue weighted by molar-refractivity contribution is 0.102. The van der Waals surface area contributed by atoms with E-state index in [-0.39, 0.29) is 5.91 Å². The zero-order valence-electron chi connectivity index (χ0n) is 9.47. The van der Waals surface area contributed by atoms with E-state index < -0.39 is 0 Å². The highest BCUT2D eigenvalue weighted by atomic mass is 32.1. The Kier molecular flexibility index (Phi) is 3.49. The van der Waals surface area contributed by atoms with Crippen molar-refractivity contribution in [3.8, 4) is 0 Å². The van der Waals surface area contributed by atoms with Crippen molar-refractivity contribution in [1.29, 1.82) is 0 Å². The molecule has 2 aromatic carbocycles. The van der Waals surface area contributed by atoms with Gasteiger partial charge in [-0.25, -0.2) is 0 Å². The summed E-state index contributed by atoms with van der Waals surface area (Å²) < 4.78 is 0. The van der Waals surface area contributed by atoms with E-state index in [2.05, 4.69) is 17.9 Å². The molecule has 0 radical (unpaired) electrons. The number of amides is 1. The number of thiol groups is 1. The van der Waals surface area contributed by atoms with E-state index in [0.717, 1.165) is 16.1 Å². The molecule has 1 N–H and O–H groups in total. The van der Waals surface area contributed by atoms with E-state index in [1.54, 1.807) is 0 Å². The molecule has 0 unspecified atom stereocenters. The van der Waals surface area contributed by atoms with Crippen LogP contribution in [0.2, 0.25) is 0 Å². The van der Waals surface area contributed by atoms with Gasteiger partial charge in [0.2, 0.25) is 0 Å². The van der Waals surface area contributed by atoms with Crippen LogP contribution >= 0.6 is 12.6 Å². The van der Waals surface area contributed by atoms with Crippen molar-refractivity contribution >= 4 is 24.2 Å². The number of benzene rings is 2. The van der Waals surface area contributed by atoms with Crippen molar-refractivity contribution in [2.45, 2.75) is 11.8 Å². The standard InChI is InChI=1S/C14H13NOS/c1-10-6-8-11(9-7-10)14(16)15-12-4-2-3-5-13(12)17/h2-9,17H,1H3,(H,15,16). The number of hydrogen-bond donors (Lipinski definition) is 2. The van der Waals surface area contributed by atoms with E-state index in [0.29, 0.717) is 5.56 Å². The Morgan fingerprint density at radius 1 is 1.06 bits per heavy atom. The van der Waals surface area contributed by atoms with Crippen LogP contribution < -0.4 is 5.32 Å². The summed E-state index contributed by atoms with van der Waals surface area (Å²) in [6, 6.07) is 14.9. The highest BCUT2D eigenvalue weighted by molar-refractivity contribution is 7.80. The van der Waals surface area contributed by atoms with Crippen LogP contribution in [0.5, 0.6) is 0 Å². The topological polar surface area (TPSA) is 29.1 Å². The van der Waals surface area contributed by atoms with E-state index in [1.165, 1.54) is 0 Å². The second-order valence-electron chi connectivity index (χ2n) is 3.84. The zero-order chi connectivity index (χ0) is 12.3. The monoisotopic (exact) mass is 243 g/mol. The average molecular weight is 243 g/mol. The minimum absolute atomic E-state index is 0.119. The Morgan fingerprint density at radius 2 is 1.71 bits per heavy atom. The van der Waals surface area contributed by atoms with Gasteiger partial charge in [0.1, 0.15) is 0 Å². The normalized spacial score (nSPS) is 10.0. The Labute approximate surface area is 106 Å². The highest BCUT2D eigenvalue weighted by Gasteiger charge is 2.06. The quantitative estimate of drug-likeness (QED) is 0.776. The molecular formula is C14H13NOS. The summed E-state index contributed by atoms with van der Waals surface area (Å²) in [5.74, 6) is -0.119. The first kappa shape index (κ1) is 11.7. The SMILES string of the molecule is Cc1ccc(C(=O)Nc2ccccc2S)cc1. The molecule has 2 rings (SSSR count). The van der Waals surface area contributed by atoms with Gasteiger partial charge in [-0.05, 0) is 31.2 Å². The molecule has 0 aliphatic carbocycles. The first-order chi connectivity index (χ1) is 8.16. The van der Waals surface area contributed by atoms with E-state index >= 15 is 0 Å². The predicted octanol–water partition coefficient (Wildman–Crippen LogP) is 3.54. The molecule has 0 aliphatic heterocycles. The maximum atomic E-state index is 11.9. The molecule has 0 aromatic heterocycles. The number of hydrogen-bond acceptors (Lipinski definition) is 2. The van der Waals surface area contributed by atoms with E-state index in [4.69, 9.17) is 0 Å². The van der Waals surface area contributed by atoms with Crippen LogP contribution in [0.4, 0.5) is 5.69 Å². The molecular weight excluding hydrogens is 230 g/mol. The number of aryl methyl sites for hydroxylation is 1. The number of para-hydroxylation sites is 1. The third-order valence-electron chi connectivity index (χ3n) is 2.47. The fourth-order valence-electron chi connectivity index (χ4n) is 1.48. The van der Waals surface area contributed by atoms with E-state index in [9.17, 15) is 4.79 Å². The number of rotatable bonds is 2. The van der Waals surface area contributed by atoms with Crippen molar-refractivity contribution in [3.63, 3.8) is 0 Å². The molecule has 0 bridgehead atoms. The molecule has 0 heterocycles. The minimum atomic E-state index is -0.119. The molecule has 0 fully saturated rings. The predicted molar refractivity (Wildman–Crippen MR) is 72.8 cm³/mol. The lowest BCUT2D eigenvalue weighted by Crippen LogP contribution is -2.12. The molecule has 2 nitrogen and oxygen atoms in total. The van der Waals surface area contributed by atoms with Crippen molar-refractivity contribution in [2.24, 2.45) is 0 Å². The molecule has 3 heteroatoms. The Balaban J connectivity index is 2.17. The first-order valence-corrected chi connectivity index (χ1v) is 5.77. The summed E-state index contributed by atoms with van der Waals surface area (Å²) in [5, 5.41) is 2.83. The Hall–Kier alpha value is -1.74. The van der Waals surface area contributed by atoms with Gasteiger partial charge in [0.05, 0.1) is 5.69 Å². The third kappa shape index (κ3) is 2.88. The van der Waals surface area contributed by atoms with Crippen LogP contribution in [0.1, 0.15) is 15.9 Å². The van der Waals surface area contributed by atoms with Crippen LogP contribution in [0, 0.1) is 6.92 Å². The summed E-state index contributed by atoms with van der Waals surface area (Å²) in [4.78, 5) is 12.7. The summed E-state index contributed by atoms with van der Waals surface area (Å²) in [7, 11) is 0. The summed E-state index contributed by atoms with van der Waals surface area (Å²) in [5.41, 5.74) is 2.50. The van der Waals surface area contributed by atoms with Crippen molar-refractivity contribution in [2.75, 3.05) is 5.32 Å². The highest BCUT2D eigenvalue weighted by Crippen LogP contribution is 2.19. The largest absolute Gasteiger partial charge is 0.321 e. The van der Waals surface area contributed by atoms with Gasteiger partial charge in [-0.2, -0.15) is 0 Å². The van der Waals surface area contributed by atoms with Crippen LogP contribution in [0.15, 0.2) is 53.4 Å². The van der Waals surface area contributed by atoms with Crippen LogP contribution in [-0.4, -0.2) is 5.91 Å². The van der Waals surface area contributed by atoms with Crippen LogP contribution in [-0.2, 0) is 0 Å². The molecule has 0 saturated carbocycles. The number of carbonyl (C=O) groups is 1. The molecule has 17 heavy (non-hydrogen) atoms. The first-order valence-electron chi connectivity index (χ1n) is 5.33. The molecule has 0 spiro atoms. The summed E-state index contributed by atoms with van der Waals surface area (Å²) in [6.45, 7) is 1.99. The smallest absolute Gasteiger partial charge is 0.255 e. The van der Waals surface area contributed by atoms with Gasteiger partial charge in [-0.1, -0.05) is 29.8 Å². The second kappa shape index (κ2) is 5.06. The van der Waals surface area contributed by atoms with Crippen molar-refractivity contribution in [3.05, 3.63) is 59.7 Å². The maximum Gasteiger partial charge on any atom is 0.255 e. The number of anilines is 1. The molecule has 0 aliphatic rings.